The summed E-state index contributed by atoms with van der Waals surface area (Å²) >= 11 is 5.96. The van der Waals surface area contributed by atoms with E-state index in [-0.39, 0.29) is 11.3 Å². The highest BCUT2D eigenvalue weighted by Gasteiger charge is 2.61. The van der Waals surface area contributed by atoms with Crippen molar-refractivity contribution in [3.63, 3.8) is 0 Å². The van der Waals surface area contributed by atoms with E-state index in [1.54, 1.807) is 0 Å². The molecule has 1 N–H and O–H groups in total. The first-order valence-electron chi connectivity index (χ1n) is 5.15. The van der Waals surface area contributed by atoms with Crippen LogP contribution in [0.1, 0.15) is 24.0 Å². The first-order chi connectivity index (χ1) is 7.13. The van der Waals surface area contributed by atoms with Gasteiger partial charge >= 0.3 is 5.97 Å². The first kappa shape index (κ1) is 9.22. The molecule has 0 aromatic heterocycles. The second-order valence-corrected chi connectivity index (χ2v) is 4.99. The average molecular weight is 223 g/mol. The van der Waals surface area contributed by atoms with Crippen LogP contribution in [-0.2, 0) is 16.6 Å². The number of benzene rings is 1. The molecule has 1 aromatic carbocycles. The van der Waals surface area contributed by atoms with Crippen molar-refractivity contribution in [2.24, 2.45) is 5.92 Å². The standard InChI is InChI=1S/C12H11ClO2/c13-8-2-1-7-3-4-12(9(7)5-8)6-10(12)11(14)15/h1-2,5,10H,3-4,6H2,(H,14,15)/t10-,12+/m0/s1. The highest BCUT2D eigenvalue weighted by Crippen LogP contribution is 2.61. The predicted octanol–water partition coefficient (Wildman–Crippen LogP) is 2.63. The zero-order valence-electron chi connectivity index (χ0n) is 8.16. The normalized spacial score (nSPS) is 31.7. The number of carboxylic acid groups (broad SMARTS) is 1. The molecule has 1 saturated carbocycles. The molecule has 0 aliphatic heterocycles. The van der Waals surface area contributed by atoms with E-state index in [4.69, 9.17) is 16.7 Å². The van der Waals surface area contributed by atoms with Gasteiger partial charge < -0.3 is 5.11 Å². The number of fused-ring (bicyclic) bond motifs is 2. The molecule has 0 saturated heterocycles. The number of aryl methyl sites for hydroxylation is 1. The summed E-state index contributed by atoms with van der Waals surface area (Å²) in [4.78, 5) is 11.0. The molecule has 0 radical (unpaired) electrons. The van der Waals surface area contributed by atoms with Crippen molar-refractivity contribution >= 4 is 17.6 Å². The van der Waals surface area contributed by atoms with Crippen LogP contribution >= 0.6 is 11.6 Å². The smallest absolute Gasteiger partial charge is 0.307 e. The molecular weight excluding hydrogens is 212 g/mol. The number of hydrogen-bond acceptors (Lipinski definition) is 1. The van der Waals surface area contributed by atoms with Crippen molar-refractivity contribution in [1.29, 1.82) is 0 Å². The Morgan fingerprint density at radius 1 is 1.53 bits per heavy atom. The first-order valence-corrected chi connectivity index (χ1v) is 5.53. The minimum absolute atomic E-state index is 0.0773. The maximum absolute atomic E-state index is 11.0. The Balaban J connectivity index is 2.06. The van der Waals surface area contributed by atoms with Gasteiger partial charge in [0.05, 0.1) is 5.92 Å². The van der Waals surface area contributed by atoms with Crippen LogP contribution in [0.25, 0.3) is 0 Å². The molecule has 3 heteroatoms. The Kier molecular flexibility index (Phi) is 1.70. The SMILES string of the molecule is O=C(O)[C@@H]1C[C@@]12CCc1ccc(Cl)cc12. The highest BCUT2D eigenvalue weighted by atomic mass is 35.5. The summed E-state index contributed by atoms with van der Waals surface area (Å²) in [5, 5.41) is 9.75. The molecule has 0 heterocycles. The summed E-state index contributed by atoms with van der Waals surface area (Å²) in [5.41, 5.74) is 2.39. The van der Waals surface area contributed by atoms with Gasteiger partial charge in [0.2, 0.25) is 0 Å². The third-order valence-electron chi connectivity index (χ3n) is 3.82. The number of rotatable bonds is 1. The molecule has 78 valence electrons. The average Bonchev–Trinajstić information content (AvgIpc) is 2.81. The van der Waals surface area contributed by atoms with Gasteiger partial charge in [0, 0.05) is 10.4 Å². The molecule has 1 aromatic rings. The molecule has 2 atom stereocenters. The second kappa shape index (κ2) is 2.76. The number of carboxylic acids is 1. The molecule has 1 fully saturated rings. The quantitative estimate of drug-likeness (QED) is 0.793. The van der Waals surface area contributed by atoms with E-state index in [9.17, 15) is 4.79 Å². The summed E-state index contributed by atoms with van der Waals surface area (Å²) < 4.78 is 0. The van der Waals surface area contributed by atoms with Gasteiger partial charge in [-0.15, -0.1) is 0 Å². The van der Waals surface area contributed by atoms with Gasteiger partial charge in [0.1, 0.15) is 0 Å². The van der Waals surface area contributed by atoms with E-state index >= 15 is 0 Å². The van der Waals surface area contributed by atoms with Crippen LogP contribution in [0.5, 0.6) is 0 Å². The Morgan fingerprint density at radius 2 is 2.33 bits per heavy atom. The third-order valence-corrected chi connectivity index (χ3v) is 4.06. The van der Waals surface area contributed by atoms with Crippen molar-refractivity contribution in [3.05, 3.63) is 34.3 Å². The van der Waals surface area contributed by atoms with Crippen molar-refractivity contribution in [2.45, 2.75) is 24.7 Å². The van der Waals surface area contributed by atoms with Crippen LogP contribution in [-0.4, -0.2) is 11.1 Å². The van der Waals surface area contributed by atoms with Gasteiger partial charge in [0.15, 0.2) is 0 Å². The number of carbonyl (C=O) groups is 1. The third kappa shape index (κ3) is 1.14. The minimum atomic E-state index is -0.664. The van der Waals surface area contributed by atoms with Gasteiger partial charge in [-0.3, -0.25) is 4.79 Å². The lowest BCUT2D eigenvalue weighted by atomic mass is 9.95. The second-order valence-electron chi connectivity index (χ2n) is 4.55. The highest BCUT2D eigenvalue weighted by molar-refractivity contribution is 6.30. The minimum Gasteiger partial charge on any atom is -0.481 e. The van der Waals surface area contributed by atoms with Crippen LogP contribution in [0, 0.1) is 5.92 Å². The lowest BCUT2D eigenvalue weighted by Gasteiger charge is -2.09. The molecule has 2 nitrogen and oxygen atoms in total. The fraction of sp³-hybridized carbons (Fsp3) is 0.417. The van der Waals surface area contributed by atoms with E-state index in [1.807, 2.05) is 18.2 Å². The molecule has 3 rings (SSSR count). The van der Waals surface area contributed by atoms with E-state index in [1.165, 1.54) is 11.1 Å². The molecule has 2 aliphatic rings. The number of aliphatic carboxylic acids is 1. The van der Waals surface area contributed by atoms with Gasteiger partial charge in [-0.05, 0) is 42.5 Å². The van der Waals surface area contributed by atoms with E-state index in [2.05, 4.69) is 0 Å². The van der Waals surface area contributed by atoms with Crippen molar-refractivity contribution < 1.29 is 9.90 Å². The maximum atomic E-state index is 11.0. The van der Waals surface area contributed by atoms with Crippen LogP contribution in [0.3, 0.4) is 0 Å². The molecule has 1 spiro atoms. The maximum Gasteiger partial charge on any atom is 0.307 e. The van der Waals surface area contributed by atoms with Gasteiger partial charge in [-0.2, -0.15) is 0 Å². The van der Waals surface area contributed by atoms with Crippen LogP contribution in [0.4, 0.5) is 0 Å². The zero-order chi connectivity index (χ0) is 10.6. The molecule has 0 bridgehead atoms. The van der Waals surface area contributed by atoms with Crippen LogP contribution in [0.15, 0.2) is 18.2 Å². The van der Waals surface area contributed by atoms with Crippen molar-refractivity contribution in [3.8, 4) is 0 Å². The lowest BCUT2D eigenvalue weighted by molar-refractivity contribution is -0.139. The van der Waals surface area contributed by atoms with Gasteiger partial charge in [0.25, 0.3) is 0 Å². The zero-order valence-corrected chi connectivity index (χ0v) is 8.92. The summed E-state index contributed by atoms with van der Waals surface area (Å²) in [6.07, 6.45) is 2.76. The summed E-state index contributed by atoms with van der Waals surface area (Å²) in [7, 11) is 0. The van der Waals surface area contributed by atoms with Crippen molar-refractivity contribution in [1.82, 2.24) is 0 Å². The molecule has 0 unspecified atom stereocenters. The fourth-order valence-electron chi connectivity index (χ4n) is 2.93. The summed E-state index contributed by atoms with van der Waals surface area (Å²) in [5.74, 6) is -0.847. The van der Waals surface area contributed by atoms with E-state index in [0.717, 1.165) is 19.3 Å². The summed E-state index contributed by atoms with van der Waals surface area (Å²) in [6.45, 7) is 0. The lowest BCUT2D eigenvalue weighted by Crippen LogP contribution is -2.11. The Hall–Kier alpha value is -1.02. The Bertz CT molecular complexity index is 455. The Morgan fingerprint density at radius 3 is 3.00 bits per heavy atom. The predicted molar refractivity (Wildman–Crippen MR) is 57.2 cm³/mol. The monoisotopic (exact) mass is 222 g/mol. The fourth-order valence-corrected chi connectivity index (χ4v) is 3.10. The topological polar surface area (TPSA) is 37.3 Å². The van der Waals surface area contributed by atoms with Crippen LogP contribution < -0.4 is 0 Å². The number of halogens is 1. The molecule has 0 amide bonds. The summed E-state index contributed by atoms with van der Waals surface area (Å²) in [6, 6.07) is 5.87. The number of hydrogen-bond donors (Lipinski definition) is 1. The molecule has 2 aliphatic carbocycles. The van der Waals surface area contributed by atoms with E-state index < -0.39 is 5.97 Å². The molecular formula is C12H11ClO2. The van der Waals surface area contributed by atoms with Gasteiger partial charge in [-0.1, -0.05) is 17.7 Å². The van der Waals surface area contributed by atoms with Crippen molar-refractivity contribution in [2.75, 3.05) is 0 Å². The Labute approximate surface area is 92.9 Å². The van der Waals surface area contributed by atoms with E-state index in [0.29, 0.717) is 5.02 Å². The van der Waals surface area contributed by atoms with Gasteiger partial charge in [-0.25, -0.2) is 0 Å². The molecule has 15 heavy (non-hydrogen) atoms. The largest absolute Gasteiger partial charge is 0.481 e. The van der Waals surface area contributed by atoms with Crippen LogP contribution in [0.2, 0.25) is 5.02 Å².